The fraction of sp³-hybridized carbons (Fsp3) is 0.280. The lowest BCUT2D eigenvalue weighted by Crippen LogP contribution is -2.05. The predicted octanol–water partition coefficient (Wildman–Crippen LogP) is 6.82. The van der Waals surface area contributed by atoms with Crippen LogP contribution in [0, 0.1) is 0 Å². The second-order valence-corrected chi connectivity index (χ2v) is 7.47. The molecule has 2 atom stereocenters. The van der Waals surface area contributed by atoms with Gasteiger partial charge in [-0.05, 0) is 22.6 Å². The number of hydrogen-bond donors (Lipinski definition) is 1. The number of hydrogen-bond acceptors (Lipinski definition) is 1. The van der Waals surface area contributed by atoms with Gasteiger partial charge in [-0.3, -0.25) is 0 Å². The topological polar surface area (TPSA) is 20.2 Å². The van der Waals surface area contributed by atoms with Gasteiger partial charge in [0.25, 0.3) is 0 Å². The van der Waals surface area contributed by atoms with Gasteiger partial charge in [-0.15, -0.1) is 0 Å². The van der Waals surface area contributed by atoms with Crippen molar-refractivity contribution in [2.24, 2.45) is 0 Å². The van der Waals surface area contributed by atoms with Gasteiger partial charge < -0.3 is 5.11 Å². The predicted molar refractivity (Wildman–Crippen MR) is 110 cm³/mol. The zero-order valence-electron chi connectivity index (χ0n) is 16.1. The molecule has 0 heterocycles. The van der Waals surface area contributed by atoms with Crippen molar-refractivity contribution in [1.29, 1.82) is 0 Å². The molecule has 0 saturated heterocycles. The Labute approximate surface area is 157 Å². The number of phenols is 1. The van der Waals surface area contributed by atoms with Crippen LogP contribution >= 0.6 is 0 Å². The molecule has 0 fully saturated rings. The third-order valence-corrected chi connectivity index (χ3v) is 5.39. The van der Waals surface area contributed by atoms with E-state index < -0.39 is 0 Å². The highest BCUT2D eigenvalue weighted by atomic mass is 16.3. The monoisotopic (exact) mass is 344 g/mol. The molecule has 1 N–H and O–H groups in total. The molecule has 0 amide bonds. The normalized spacial score (nSPS) is 13.6. The molecule has 0 bridgehead atoms. The minimum atomic E-state index is 0.150. The summed E-state index contributed by atoms with van der Waals surface area (Å²) in [5, 5.41) is 11.2. The van der Waals surface area contributed by atoms with Crippen LogP contribution in [0.25, 0.3) is 0 Å². The third kappa shape index (κ3) is 3.67. The van der Waals surface area contributed by atoms with Crippen molar-refractivity contribution < 1.29 is 5.11 Å². The van der Waals surface area contributed by atoms with Crippen LogP contribution in [-0.4, -0.2) is 5.11 Å². The molecular weight excluding hydrogens is 316 g/mol. The van der Waals surface area contributed by atoms with Crippen molar-refractivity contribution in [2.75, 3.05) is 0 Å². The maximum Gasteiger partial charge on any atom is 0.123 e. The van der Waals surface area contributed by atoms with Crippen LogP contribution in [0.1, 0.15) is 73.3 Å². The molecule has 0 spiro atoms. The lowest BCUT2D eigenvalue weighted by molar-refractivity contribution is 0.456. The SMILES string of the molecule is CC(C)c1cc(C(C)c2ccccc2)c(O)c(C(C)c2ccccc2)c1. The Balaban J connectivity index is 2.12. The van der Waals surface area contributed by atoms with Crippen molar-refractivity contribution in [1.82, 2.24) is 0 Å². The Kier molecular flexibility index (Phi) is 5.46. The highest BCUT2D eigenvalue weighted by Crippen LogP contribution is 2.40. The maximum absolute atomic E-state index is 11.2. The van der Waals surface area contributed by atoms with Gasteiger partial charge >= 0.3 is 0 Å². The molecule has 3 rings (SSSR count). The van der Waals surface area contributed by atoms with E-state index in [4.69, 9.17) is 0 Å². The Hall–Kier alpha value is -2.54. The molecule has 0 saturated carbocycles. The summed E-state index contributed by atoms with van der Waals surface area (Å²) in [6.07, 6.45) is 0. The molecular formula is C25H28O. The van der Waals surface area contributed by atoms with Crippen molar-refractivity contribution in [3.63, 3.8) is 0 Å². The lowest BCUT2D eigenvalue weighted by Gasteiger charge is -2.23. The van der Waals surface area contributed by atoms with Crippen LogP contribution in [0.3, 0.4) is 0 Å². The first-order valence-corrected chi connectivity index (χ1v) is 9.45. The van der Waals surface area contributed by atoms with E-state index in [0.29, 0.717) is 11.7 Å². The molecule has 0 radical (unpaired) electrons. The molecule has 1 heteroatoms. The van der Waals surface area contributed by atoms with E-state index in [0.717, 1.165) is 11.1 Å². The lowest BCUT2D eigenvalue weighted by atomic mass is 9.83. The van der Waals surface area contributed by atoms with Gasteiger partial charge in [-0.2, -0.15) is 0 Å². The first-order valence-electron chi connectivity index (χ1n) is 9.45. The van der Waals surface area contributed by atoms with Gasteiger partial charge in [0.2, 0.25) is 0 Å². The standard InChI is InChI=1S/C25H28O/c1-17(2)22-15-23(18(3)20-11-7-5-8-12-20)25(26)24(16-22)19(4)21-13-9-6-10-14-21/h5-19,26H,1-4H3. The average Bonchev–Trinajstić information content (AvgIpc) is 2.68. The van der Waals surface area contributed by atoms with Crippen molar-refractivity contribution in [3.8, 4) is 5.75 Å². The quantitative estimate of drug-likeness (QED) is 0.538. The molecule has 3 aromatic rings. The minimum absolute atomic E-state index is 0.150. The zero-order valence-corrected chi connectivity index (χ0v) is 16.1. The van der Waals surface area contributed by atoms with Crippen LogP contribution in [0.4, 0.5) is 0 Å². The van der Waals surface area contributed by atoms with Crippen molar-refractivity contribution >= 4 is 0 Å². The average molecular weight is 344 g/mol. The van der Waals surface area contributed by atoms with Crippen LogP contribution < -0.4 is 0 Å². The number of aromatic hydroxyl groups is 1. The fourth-order valence-corrected chi connectivity index (χ4v) is 3.54. The van der Waals surface area contributed by atoms with E-state index >= 15 is 0 Å². The molecule has 134 valence electrons. The first kappa shape index (κ1) is 18.3. The summed E-state index contributed by atoms with van der Waals surface area (Å²) in [7, 11) is 0. The van der Waals surface area contributed by atoms with E-state index in [2.05, 4.69) is 88.4 Å². The maximum atomic E-state index is 11.2. The summed E-state index contributed by atoms with van der Waals surface area (Å²) in [4.78, 5) is 0. The van der Waals surface area contributed by atoms with E-state index in [1.54, 1.807) is 0 Å². The Morgan fingerprint density at radius 2 is 0.962 bits per heavy atom. The molecule has 3 aromatic carbocycles. The molecule has 0 aromatic heterocycles. The van der Waals surface area contributed by atoms with Crippen LogP contribution in [-0.2, 0) is 0 Å². The molecule has 1 nitrogen and oxygen atoms in total. The fourth-order valence-electron chi connectivity index (χ4n) is 3.54. The molecule has 0 aliphatic carbocycles. The van der Waals surface area contributed by atoms with Gasteiger partial charge in [0.05, 0.1) is 0 Å². The Morgan fingerprint density at radius 1 is 0.577 bits per heavy atom. The summed E-state index contributed by atoms with van der Waals surface area (Å²) >= 11 is 0. The second-order valence-electron chi connectivity index (χ2n) is 7.47. The van der Waals surface area contributed by atoms with E-state index in [1.807, 2.05) is 12.1 Å². The zero-order chi connectivity index (χ0) is 18.7. The van der Waals surface area contributed by atoms with Crippen LogP contribution in [0.15, 0.2) is 72.8 Å². The largest absolute Gasteiger partial charge is 0.507 e. The summed E-state index contributed by atoms with van der Waals surface area (Å²) in [5.41, 5.74) is 5.75. The summed E-state index contributed by atoms with van der Waals surface area (Å²) in [6.45, 7) is 8.76. The first-order chi connectivity index (χ1) is 12.5. The summed E-state index contributed by atoms with van der Waals surface area (Å²) in [5.74, 6) is 1.15. The van der Waals surface area contributed by atoms with Crippen LogP contribution in [0.5, 0.6) is 5.75 Å². The van der Waals surface area contributed by atoms with E-state index in [1.165, 1.54) is 16.7 Å². The van der Waals surface area contributed by atoms with Crippen LogP contribution in [0.2, 0.25) is 0 Å². The highest BCUT2D eigenvalue weighted by molar-refractivity contribution is 5.52. The molecule has 26 heavy (non-hydrogen) atoms. The summed E-state index contributed by atoms with van der Waals surface area (Å²) < 4.78 is 0. The minimum Gasteiger partial charge on any atom is -0.507 e. The molecule has 2 unspecified atom stereocenters. The molecule has 0 aliphatic rings. The third-order valence-electron chi connectivity index (χ3n) is 5.39. The number of phenolic OH excluding ortho intramolecular Hbond substituents is 1. The van der Waals surface area contributed by atoms with Crippen molar-refractivity contribution in [2.45, 2.75) is 45.4 Å². The Morgan fingerprint density at radius 3 is 1.31 bits per heavy atom. The summed E-state index contributed by atoms with van der Waals surface area (Å²) in [6, 6.07) is 25.2. The Bertz CT molecular complexity index is 783. The number of benzene rings is 3. The molecule has 0 aliphatic heterocycles. The second kappa shape index (κ2) is 7.78. The van der Waals surface area contributed by atoms with Gasteiger partial charge in [0, 0.05) is 23.0 Å². The van der Waals surface area contributed by atoms with Gasteiger partial charge in [0.15, 0.2) is 0 Å². The highest BCUT2D eigenvalue weighted by Gasteiger charge is 2.21. The van der Waals surface area contributed by atoms with Gasteiger partial charge in [-0.25, -0.2) is 0 Å². The van der Waals surface area contributed by atoms with E-state index in [-0.39, 0.29) is 11.8 Å². The smallest absolute Gasteiger partial charge is 0.123 e. The van der Waals surface area contributed by atoms with E-state index in [9.17, 15) is 5.11 Å². The van der Waals surface area contributed by atoms with Gasteiger partial charge in [0.1, 0.15) is 5.75 Å². The van der Waals surface area contributed by atoms with Crippen molar-refractivity contribution in [3.05, 3.63) is 101 Å². The number of rotatable bonds is 5. The van der Waals surface area contributed by atoms with Gasteiger partial charge in [-0.1, -0.05) is 100 Å².